The number of benzene rings is 1. The van der Waals surface area contributed by atoms with Crippen LogP contribution in [0, 0.1) is 11.8 Å². The SMILES string of the molecule is CCN(C)C(=O)C[C@@H]1CC[C@@H]2Cc3c[nH]c4cccc(c34)[C@H]2C1. The van der Waals surface area contributed by atoms with Crippen LogP contribution in [0.4, 0.5) is 0 Å². The first-order chi connectivity index (χ1) is 11.2. The first-order valence-electron chi connectivity index (χ1n) is 9.00. The van der Waals surface area contributed by atoms with Crippen LogP contribution in [-0.2, 0) is 11.2 Å². The topological polar surface area (TPSA) is 36.1 Å². The van der Waals surface area contributed by atoms with Gasteiger partial charge in [-0.1, -0.05) is 12.1 Å². The third-order valence-corrected chi connectivity index (χ3v) is 6.17. The Kier molecular flexibility index (Phi) is 3.67. The van der Waals surface area contributed by atoms with Gasteiger partial charge in [-0.15, -0.1) is 0 Å². The van der Waals surface area contributed by atoms with E-state index in [0.717, 1.165) is 18.9 Å². The summed E-state index contributed by atoms with van der Waals surface area (Å²) in [6.45, 7) is 2.85. The molecule has 23 heavy (non-hydrogen) atoms. The molecule has 1 aromatic carbocycles. The molecule has 3 heteroatoms. The molecular weight excluding hydrogens is 284 g/mol. The summed E-state index contributed by atoms with van der Waals surface area (Å²) in [7, 11) is 1.92. The number of aromatic amines is 1. The van der Waals surface area contributed by atoms with E-state index in [1.807, 2.05) is 18.9 Å². The van der Waals surface area contributed by atoms with E-state index < -0.39 is 0 Å². The van der Waals surface area contributed by atoms with Crippen molar-refractivity contribution < 1.29 is 4.79 Å². The minimum Gasteiger partial charge on any atom is -0.361 e. The second-order valence-corrected chi connectivity index (χ2v) is 7.45. The average Bonchev–Trinajstić information content (AvgIpc) is 2.99. The van der Waals surface area contributed by atoms with Crippen LogP contribution in [0.25, 0.3) is 10.9 Å². The van der Waals surface area contributed by atoms with Crippen molar-refractivity contribution in [3.8, 4) is 0 Å². The molecule has 1 saturated carbocycles. The standard InChI is InChI=1S/C20H26N2O/c1-3-22(2)19(23)10-13-7-8-14-11-15-12-21-18-6-4-5-16(20(15)18)17(14)9-13/h4-6,12-14,17,21H,3,7-11H2,1-2H3/t13-,14-,17+/m1/s1. The highest BCUT2D eigenvalue weighted by Crippen LogP contribution is 2.49. The molecule has 3 nitrogen and oxygen atoms in total. The molecule has 0 aliphatic heterocycles. The fourth-order valence-corrected chi connectivity index (χ4v) is 4.75. The summed E-state index contributed by atoms with van der Waals surface area (Å²) in [5, 5.41) is 1.46. The summed E-state index contributed by atoms with van der Waals surface area (Å²) in [4.78, 5) is 17.6. The fourth-order valence-electron chi connectivity index (χ4n) is 4.75. The largest absolute Gasteiger partial charge is 0.361 e. The van der Waals surface area contributed by atoms with Gasteiger partial charge in [-0.25, -0.2) is 0 Å². The Morgan fingerprint density at radius 2 is 2.22 bits per heavy atom. The van der Waals surface area contributed by atoms with Crippen LogP contribution < -0.4 is 0 Å². The molecule has 1 N–H and O–H groups in total. The number of H-pyrrole nitrogens is 1. The molecule has 1 fully saturated rings. The van der Waals surface area contributed by atoms with Crippen molar-refractivity contribution in [2.24, 2.45) is 11.8 Å². The lowest BCUT2D eigenvalue weighted by atomic mass is 9.65. The molecule has 122 valence electrons. The fraction of sp³-hybridized carbons (Fsp3) is 0.550. The van der Waals surface area contributed by atoms with Gasteiger partial charge >= 0.3 is 0 Å². The van der Waals surface area contributed by atoms with Gasteiger partial charge in [0.25, 0.3) is 0 Å². The summed E-state index contributed by atoms with van der Waals surface area (Å²) in [5.41, 5.74) is 4.30. The number of nitrogens with one attached hydrogen (secondary N) is 1. The Morgan fingerprint density at radius 1 is 1.35 bits per heavy atom. The van der Waals surface area contributed by atoms with Gasteiger partial charge in [0, 0.05) is 37.1 Å². The summed E-state index contributed by atoms with van der Waals surface area (Å²) in [6.07, 6.45) is 7.79. The molecule has 0 bridgehead atoms. The highest BCUT2D eigenvalue weighted by molar-refractivity contribution is 5.88. The Bertz CT molecular complexity index is 732. The highest BCUT2D eigenvalue weighted by atomic mass is 16.2. The van der Waals surface area contributed by atoms with E-state index in [-0.39, 0.29) is 0 Å². The Balaban J connectivity index is 1.58. The number of aromatic nitrogens is 1. The van der Waals surface area contributed by atoms with E-state index in [1.54, 1.807) is 0 Å². The van der Waals surface area contributed by atoms with Gasteiger partial charge in [0.2, 0.25) is 5.91 Å². The zero-order valence-electron chi connectivity index (χ0n) is 14.1. The van der Waals surface area contributed by atoms with Crippen molar-refractivity contribution in [2.45, 2.75) is 44.9 Å². The minimum atomic E-state index is 0.312. The summed E-state index contributed by atoms with van der Waals surface area (Å²) in [6, 6.07) is 6.68. The molecule has 1 aromatic heterocycles. The number of amides is 1. The van der Waals surface area contributed by atoms with Crippen LogP contribution in [0.3, 0.4) is 0 Å². The number of hydrogen-bond donors (Lipinski definition) is 1. The van der Waals surface area contributed by atoms with Crippen LogP contribution in [-0.4, -0.2) is 29.4 Å². The van der Waals surface area contributed by atoms with E-state index in [4.69, 9.17) is 0 Å². The smallest absolute Gasteiger partial charge is 0.222 e. The van der Waals surface area contributed by atoms with Gasteiger partial charge in [-0.05, 0) is 67.6 Å². The molecule has 0 saturated heterocycles. The van der Waals surface area contributed by atoms with Gasteiger partial charge in [0.15, 0.2) is 0 Å². The number of rotatable bonds is 3. The number of fused-ring (bicyclic) bond motifs is 2. The van der Waals surface area contributed by atoms with Crippen LogP contribution >= 0.6 is 0 Å². The van der Waals surface area contributed by atoms with Crippen LogP contribution in [0.5, 0.6) is 0 Å². The summed E-state index contributed by atoms with van der Waals surface area (Å²) in [5.74, 6) is 2.26. The predicted molar refractivity (Wildman–Crippen MR) is 93.5 cm³/mol. The Hall–Kier alpha value is -1.77. The van der Waals surface area contributed by atoms with Gasteiger partial charge in [0.05, 0.1) is 0 Å². The van der Waals surface area contributed by atoms with E-state index >= 15 is 0 Å². The van der Waals surface area contributed by atoms with E-state index in [1.165, 1.54) is 47.7 Å². The zero-order chi connectivity index (χ0) is 16.0. The van der Waals surface area contributed by atoms with Crippen LogP contribution in [0.2, 0.25) is 0 Å². The molecule has 0 radical (unpaired) electrons. The van der Waals surface area contributed by atoms with Crippen molar-refractivity contribution in [3.63, 3.8) is 0 Å². The molecule has 4 rings (SSSR count). The maximum Gasteiger partial charge on any atom is 0.222 e. The van der Waals surface area contributed by atoms with Crippen molar-refractivity contribution in [1.29, 1.82) is 0 Å². The van der Waals surface area contributed by atoms with Crippen LogP contribution in [0.1, 0.15) is 49.7 Å². The average molecular weight is 310 g/mol. The van der Waals surface area contributed by atoms with Crippen molar-refractivity contribution >= 4 is 16.8 Å². The van der Waals surface area contributed by atoms with E-state index in [0.29, 0.717) is 17.7 Å². The van der Waals surface area contributed by atoms with E-state index in [9.17, 15) is 4.79 Å². The Labute approximate surface area is 138 Å². The molecule has 2 aliphatic carbocycles. The molecule has 2 aromatic rings. The number of hydrogen-bond acceptors (Lipinski definition) is 1. The molecule has 0 spiro atoms. The van der Waals surface area contributed by atoms with Gasteiger partial charge in [0.1, 0.15) is 0 Å². The molecular formula is C20H26N2O. The third kappa shape index (κ3) is 2.46. The predicted octanol–water partition coefficient (Wildman–Crippen LogP) is 4.09. The lowest BCUT2D eigenvalue weighted by Crippen LogP contribution is -2.32. The normalized spacial score (nSPS) is 26.1. The number of nitrogens with zero attached hydrogens (tertiary/aromatic N) is 1. The van der Waals surface area contributed by atoms with Crippen molar-refractivity contribution in [2.75, 3.05) is 13.6 Å². The maximum atomic E-state index is 12.3. The monoisotopic (exact) mass is 310 g/mol. The summed E-state index contributed by atoms with van der Waals surface area (Å²) < 4.78 is 0. The number of carbonyl (C=O) groups is 1. The third-order valence-electron chi connectivity index (χ3n) is 6.17. The first-order valence-corrected chi connectivity index (χ1v) is 9.00. The van der Waals surface area contributed by atoms with Crippen LogP contribution in [0.15, 0.2) is 24.4 Å². The lowest BCUT2D eigenvalue weighted by molar-refractivity contribution is -0.131. The van der Waals surface area contributed by atoms with Crippen molar-refractivity contribution in [3.05, 3.63) is 35.5 Å². The lowest BCUT2D eigenvalue weighted by Gasteiger charge is -2.39. The molecule has 1 heterocycles. The molecule has 3 atom stereocenters. The van der Waals surface area contributed by atoms with Gasteiger partial charge in [-0.2, -0.15) is 0 Å². The Morgan fingerprint density at radius 3 is 3.04 bits per heavy atom. The van der Waals surface area contributed by atoms with E-state index in [2.05, 4.69) is 29.4 Å². The molecule has 2 aliphatic rings. The molecule has 1 amide bonds. The minimum absolute atomic E-state index is 0.312. The quantitative estimate of drug-likeness (QED) is 0.910. The van der Waals surface area contributed by atoms with Gasteiger partial charge < -0.3 is 9.88 Å². The maximum absolute atomic E-state index is 12.3. The zero-order valence-corrected chi connectivity index (χ0v) is 14.1. The van der Waals surface area contributed by atoms with Gasteiger partial charge in [-0.3, -0.25) is 4.79 Å². The van der Waals surface area contributed by atoms with Crippen molar-refractivity contribution in [1.82, 2.24) is 9.88 Å². The second kappa shape index (κ2) is 5.70. The highest BCUT2D eigenvalue weighted by Gasteiger charge is 2.37. The number of carbonyl (C=O) groups excluding carboxylic acids is 1. The second-order valence-electron chi connectivity index (χ2n) is 7.45. The molecule has 0 unspecified atom stereocenters. The summed E-state index contributed by atoms with van der Waals surface area (Å²) >= 11 is 0. The first kappa shape index (κ1) is 14.8.